The summed E-state index contributed by atoms with van der Waals surface area (Å²) < 4.78 is 4.95. The molecule has 0 radical (unpaired) electrons. The van der Waals surface area contributed by atoms with Gasteiger partial charge in [-0.05, 0) is 32.6 Å². The molecule has 68 valence electrons. The maximum atomic E-state index is 5.96. The highest BCUT2D eigenvalue weighted by Gasteiger charge is 2.13. The maximum Gasteiger partial charge on any atom is 0.0462 e. The van der Waals surface area contributed by atoms with Gasteiger partial charge in [-0.3, -0.25) is 0 Å². The third-order valence-electron chi connectivity index (χ3n) is 2.15. The minimum atomic E-state index is 0.0355. The molecule has 0 fully saturated rings. The number of hydrogen-bond donors (Lipinski definition) is 1. The smallest absolute Gasteiger partial charge is 0.0462 e. The molecule has 0 saturated carbocycles. The van der Waals surface area contributed by atoms with Gasteiger partial charge in [0, 0.05) is 19.3 Å². The Balaban J connectivity index is 3.23. The van der Waals surface area contributed by atoms with E-state index < -0.39 is 0 Å². The van der Waals surface area contributed by atoms with E-state index in [0.717, 1.165) is 25.9 Å². The largest absolute Gasteiger partial charge is 0.385 e. The lowest BCUT2D eigenvalue weighted by Gasteiger charge is -2.22. The van der Waals surface area contributed by atoms with Crippen LogP contribution >= 0.6 is 0 Å². The van der Waals surface area contributed by atoms with Gasteiger partial charge in [-0.1, -0.05) is 6.92 Å². The molecule has 0 bridgehead atoms. The Bertz CT molecular complexity index is 91.6. The van der Waals surface area contributed by atoms with Gasteiger partial charge in [-0.2, -0.15) is 0 Å². The van der Waals surface area contributed by atoms with E-state index in [1.165, 1.54) is 6.42 Å². The molecule has 0 aliphatic heterocycles. The third-order valence-corrected chi connectivity index (χ3v) is 2.15. The van der Waals surface area contributed by atoms with Crippen molar-refractivity contribution in [3.8, 4) is 0 Å². The van der Waals surface area contributed by atoms with Crippen LogP contribution in [-0.2, 0) is 4.74 Å². The Hall–Kier alpha value is -0.0800. The van der Waals surface area contributed by atoms with Crippen molar-refractivity contribution in [3.05, 3.63) is 0 Å². The summed E-state index contributed by atoms with van der Waals surface area (Å²) in [7, 11) is 1.74. The van der Waals surface area contributed by atoms with Crippen LogP contribution in [0.3, 0.4) is 0 Å². The van der Waals surface area contributed by atoms with Crippen LogP contribution in [0.25, 0.3) is 0 Å². The molecule has 0 spiro atoms. The molecule has 2 heteroatoms. The molecule has 0 aliphatic carbocycles. The second-order valence-corrected chi connectivity index (χ2v) is 3.46. The van der Waals surface area contributed by atoms with Crippen LogP contribution in [0.15, 0.2) is 0 Å². The Morgan fingerprint density at radius 1 is 1.36 bits per heavy atom. The first kappa shape index (κ1) is 10.9. The molecule has 0 rings (SSSR count). The topological polar surface area (TPSA) is 35.2 Å². The van der Waals surface area contributed by atoms with Crippen molar-refractivity contribution in [2.45, 2.75) is 45.1 Å². The molecular formula is C9H21NO. The molecule has 0 saturated heterocycles. The van der Waals surface area contributed by atoms with Gasteiger partial charge in [-0.15, -0.1) is 0 Å². The monoisotopic (exact) mass is 159 g/mol. The quantitative estimate of drug-likeness (QED) is 0.601. The molecule has 11 heavy (non-hydrogen) atoms. The second-order valence-electron chi connectivity index (χ2n) is 3.46. The number of hydrogen-bond acceptors (Lipinski definition) is 2. The zero-order valence-corrected chi connectivity index (χ0v) is 8.02. The summed E-state index contributed by atoms with van der Waals surface area (Å²) in [6.45, 7) is 5.11. The number of nitrogens with two attached hydrogens (primary N) is 1. The molecule has 2 N–H and O–H groups in total. The van der Waals surface area contributed by atoms with Crippen LogP contribution in [0.5, 0.6) is 0 Å². The lowest BCUT2D eigenvalue weighted by atomic mass is 9.93. The fourth-order valence-corrected chi connectivity index (χ4v) is 0.952. The van der Waals surface area contributed by atoms with Gasteiger partial charge in [0.15, 0.2) is 0 Å². The molecule has 1 atom stereocenters. The van der Waals surface area contributed by atoms with Crippen LogP contribution in [0.4, 0.5) is 0 Å². The summed E-state index contributed by atoms with van der Waals surface area (Å²) in [6, 6.07) is 0. The van der Waals surface area contributed by atoms with E-state index in [1.807, 2.05) is 0 Å². The molecule has 0 heterocycles. The van der Waals surface area contributed by atoms with Crippen molar-refractivity contribution in [1.29, 1.82) is 0 Å². The molecule has 0 aromatic carbocycles. The van der Waals surface area contributed by atoms with Crippen LogP contribution < -0.4 is 5.73 Å². The van der Waals surface area contributed by atoms with Gasteiger partial charge in [0.2, 0.25) is 0 Å². The molecule has 0 aromatic heterocycles. The SMILES string of the molecule is CCC(C)(N)CCCCOC. The summed E-state index contributed by atoms with van der Waals surface area (Å²) in [5.74, 6) is 0. The minimum absolute atomic E-state index is 0.0355. The molecule has 0 aromatic rings. The second kappa shape index (κ2) is 5.56. The van der Waals surface area contributed by atoms with E-state index in [9.17, 15) is 0 Å². The molecule has 2 nitrogen and oxygen atoms in total. The molecule has 1 unspecified atom stereocenters. The van der Waals surface area contributed by atoms with Crippen LogP contribution in [0, 0.1) is 0 Å². The molecular weight excluding hydrogens is 138 g/mol. The van der Waals surface area contributed by atoms with Crippen molar-refractivity contribution in [2.75, 3.05) is 13.7 Å². The predicted molar refractivity (Wildman–Crippen MR) is 48.6 cm³/mol. The zero-order chi connectivity index (χ0) is 8.74. The van der Waals surface area contributed by atoms with Gasteiger partial charge in [0.05, 0.1) is 0 Å². The lowest BCUT2D eigenvalue weighted by molar-refractivity contribution is 0.189. The summed E-state index contributed by atoms with van der Waals surface area (Å²) >= 11 is 0. The van der Waals surface area contributed by atoms with Crippen molar-refractivity contribution in [3.63, 3.8) is 0 Å². The number of methoxy groups -OCH3 is 1. The summed E-state index contributed by atoms with van der Waals surface area (Å²) in [4.78, 5) is 0. The van der Waals surface area contributed by atoms with E-state index >= 15 is 0 Å². The van der Waals surface area contributed by atoms with Gasteiger partial charge >= 0.3 is 0 Å². The Kier molecular flexibility index (Phi) is 5.51. The summed E-state index contributed by atoms with van der Waals surface area (Å²) in [5, 5.41) is 0. The Morgan fingerprint density at radius 2 is 2.00 bits per heavy atom. The predicted octanol–water partition coefficient (Wildman–Crippen LogP) is 1.93. The van der Waals surface area contributed by atoms with E-state index in [2.05, 4.69) is 13.8 Å². The average molecular weight is 159 g/mol. The van der Waals surface area contributed by atoms with Crippen LogP contribution in [0.1, 0.15) is 39.5 Å². The van der Waals surface area contributed by atoms with Crippen molar-refractivity contribution < 1.29 is 4.74 Å². The van der Waals surface area contributed by atoms with Crippen LogP contribution in [0.2, 0.25) is 0 Å². The highest BCUT2D eigenvalue weighted by molar-refractivity contribution is 4.75. The van der Waals surface area contributed by atoms with Gasteiger partial charge in [0.1, 0.15) is 0 Å². The maximum absolute atomic E-state index is 5.96. The van der Waals surface area contributed by atoms with E-state index in [0.29, 0.717) is 0 Å². The number of rotatable bonds is 6. The van der Waals surface area contributed by atoms with E-state index in [4.69, 9.17) is 10.5 Å². The number of unbranched alkanes of at least 4 members (excludes halogenated alkanes) is 1. The fraction of sp³-hybridized carbons (Fsp3) is 1.00. The molecule has 0 aliphatic rings. The lowest BCUT2D eigenvalue weighted by Crippen LogP contribution is -2.34. The normalized spacial score (nSPS) is 16.4. The third kappa shape index (κ3) is 6.32. The van der Waals surface area contributed by atoms with Gasteiger partial charge in [0.25, 0.3) is 0 Å². The van der Waals surface area contributed by atoms with Gasteiger partial charge in [-0.25, -0.2) is 0 Å². The zero-order valence-electron chi connectivity index (χ0n) is 8.02. The van der Waals surface area contributed by atoms with Crippen LogP contribution in [-0.4, -0.2) is 19.3 Å². The fourth-order valence-electron chi connectivity index (χ4n) is 0.952. The van der Waals surface area contributed by atoms with E-state index in [1.54, 1.807) is 7.11 Å². The van der Waals surface area contributed by atoms with Crippen molar-refractivity contribution in [2.24, 2.45) is 5.73 Å². The van der Waals surface area contributed by atoms with Gasteiger partial charge < -0.3 is 10.5 Å². The van der Waals surface area contributed by atoms with E-state index in [-0.39, 0.29) is 5.54 Å². The first-order valence-corrected chi connectivity index (χ1v) is 4.40. The average Bonchev–Trinajstić information content (AvgIpc) is 1.99. The Labute approximate surface area is 70.1 Å². The number of ether oxygens (including phenoxy) is 1. The highest BCUT2D eigenvalue weighted by atomic mass is 16.5. The summed E-state index contributed by atoms with van der Waals surface area (Å²) in [5.41, 5.74) is 5.99. The minimum Gasteiger partial charge on any atom is -0.385 e. The first-order chi connectivity index (χ1) is 5.12. The summed E-state index contributed by atoms with van der Waals surface area (Å²) in [6.07, 6.45) is 4.46. The first-order valence-electron chi connectivity index (χ1n) is 4.40. The Morgan fingerprint density at radius 3 is 2.45 bits per heavy atom. The highest BCUT2D eigenvalue weighted by Crippen LogP contribution is 2.13. The van der Waals surface area contributed by atoms with Crippen molar-refractivity contribution in [1.82, 2.24) is 0 Å². The molecule has 0 amide bonds. The van der Waals surface area contributed by atoms with Crippen molar-refractivity contribution >= 4 is 0 Å². The standard InChI is InChI=1S/C9H21NO/c1-4-9(2,10)7-5-6-8-11-3/h4-8,10H2,1-3H3.